The average Bonchev–Trinajstić information content (AvgIpc) is 3.23. The third-order valence-corrected chi connectivity index (χ3v) is 6.16. The fourth-order valence-electron chi connectivity index (χ4n) is 3.47. The quantitative estimate of drug-likeness (QED) is 0.907. The van der Waals surface area contributed by atoms with Crippen LogP contribution in [0.15, 0.2) is 24.3 Å². The van der Waals surface area contributed by atoms with E-state index in [1.54, 1.807) is 0 Å². The van der Waals surface area contributed by atoms with Crippen LogP contribution in [0.5, 0.6) is 0 Å². The maximum atomic E-state index is 12.9. The molecule has 3 aliphatic rings. The summed E-state index contributed by atoms with van der Waals surface area (Å²) in [6.07, 6.45) is 4.20. The van der Waals surface area contributed by atoms with Gasteiger partial charge in [-0.05, 0) is 54.9 Å². The van der Waals surface area contributed by atoms with Gasteiger partial charge in [0, 0.05) is 11.1 Å². The van der Waals surface area contributed by atoms with E-state index in [9.17, 15) is 4.79 Å². The minimum atomic E-state index is -0.255. The molecule has 4 rings (SSSR count). The number of halogens is 1. The molecule has 1 aromatic carbocycles. The monoisotopic (exact) mass is 322 g/mol. The molecular formula is C16H19ClN2OS. The van der Waals surface area contributed by atoms with Gasteiger partial charge in [0.25, 0.3) is 0 Å². The summed E-state index contributed by atoms with van der Waals surface area (Å²) < 4.78 is 0. The molecule has 1 aliphatic carbocycles. The Balaban J connectivity index is 1.66. The van der Waals surface area contributed by atoms with Gasteiger partial charge in [-0.1, -0.05) is 23.7 Å². The maximum Gasteiger partial charge on any atom is 0.244 e. The second-order valence-corrected chi connectivity index (χ2v) is 7.90. The first-order chi connectivity index (χ1) is 10.2. The zero-order valence-corrected chi connectivity index (χ0v) is 13.4. The van der Waals surface area contributed by atoms with Crippen molar-refractivity contribution in [3.8, 4) is 0 Å². The number of carbonyl (C=O) groups excluding carboxylic acids is 1. The molecule has 2 saturated heterocycles. The van der Waals surface area contributed by atoms with Crippen molar-refractivity contribution in [2.75, 3.05) is 11.5 Å². The Bertz CT molecular complexity index is 552. The zero-order chi connectivity index (χ0) is 14.4. The highest BCUT2D eigenvalue weighted by Crippen LogP contribution is 2.47. The second kappa shape index (κ2) is 5.18. The molecule has 0 bridgehead atoms. The van der Waals surface area contributed by atoms with Gasteiger partial charge in [0.15, 0.2) is 0 Å². The Labute approximate surface area is 134 Å². The van der Waals surface area contributed by atoms with E-state index in [0.29, 0.717) is 11.9 Å². The number of benzene rings is 1. The van der Waals surface area contributed by atoms with Crippen LogP contribution in [0.3, 0.4) is 0 Å². The topological polar surface area (TPSA) is 32.3 Å². The zero-order valence-electron chi connectivity index (χ0n) is 11.8. The summed E-state index contributed by atoms with van der Waals surface area (Å²) in [6.45, 7) is 0. The molecule has 5 heteroatoms. The van der Waals surface area contributed by atoms with Crippen molar-refractivity contribution in [1.29, 1.82) is 0 Å². The maximum absolute atomic E-state index is 12.9. The minimum absolute atomic E-state index is 0.0189. The van der Waals surface area contributed by atoms with Gasteiger partial charge >= 0.3 is 0 Å². The first kappa shape index (κ1) is 13.9. The summed E-state index contributed by atoms with van der Waals surface area (Å²) in [7, 11) is 0. The number of nitrogens with zero attached hydrogens (tertiary/aromatic N) is 1. The van der Waals surface area contributed by atoms with Gasteiger partial charge in [-0.15, -0.1) is 0 Å². The SMILES string of the molecule is O=C1N(C2CCSCC2)C(c2ccc(Cl)cc2)NC12CC2. The Morgan fingerprint density at radius 3 is 2.48 bits per heavy atom. The summed E-state index contributed by atoms with van der Waals surface area (Å²) in [5.74, 6) is 2.64. The van der Waals surface area contributed by atoms with E-state index in [0.717, 1.165) is 47.8 Å². The predicted octanol–water partition coefficient (Wildman–Crippen LogP) is 3.20. The highest BCUT2D eigenvalue weighted by atomic mass is 35.5. The molecule has 112 valence electrons. The van der Waals surface area contributed by atoms with Crippen molar-refractivity contribution in [2.45, 2.75) is 43.4 Å². The molecule has 1 atom stereocenters. The van der Waals surface area contributed by atoms with Crippen LogP contribution >= 0.6 is 23.4 Å². The first-order valence-corrected chi connectivity index (χ1v) is 9.17. The van der Waals surface area contributed by atoms with E-state index < -0.39 is 0 Å². The number of nitrogens with one attached hydrogen (secondary N) is 1. The Hall–Kier alpha value is -0.710. The standard InChI is InChI=1S/C16H19ClN2OS/c17-12-3-1-11(2-4-12)14-18-16(7-8-16)15(20)19(14)13-5-9-21-10-6-13/h1-4,13-14,18H,5-10H2. The molecule has 21 heavy (non-hydrogen) atoms. The van der Waals surface area contributed by atoms with Crippen LogP contribution < -0.4 is 5.32 Å². The first-order valence-electron chi connectivity index (χ1n) is 7.63. The Morgan fingerprint density at radius 1 is 1.19 bits per heavy atom. The molecule has 1 unspecified atom stereocenters. The minimum Gasteiger partial charge on any atom is -0.318 e. The van der Waals surface area contributed by atoms with Crippen LogP contribution in [-0.4, -0.2) is 33.9 Å². The second-order valence-electron chi connectivity index (χ2n) is 6.24. The number of rotatable bonds is 2. The van der Waals surface area contributed by atoms with E-state index in [1.165, 1.54) is 0 Å². The number of thioether (sulfide) groups is 1. The summed E-state index contributed by atoms with van der Waals surface area (Å²) in [5.41, 5.74) is 0.893. The third-order valence-electron chi connectivity index (χ3n) is 4.86. The van der Waals surface area contributed by atoms with Crippen molar-refractivity contribution in [1.82, 2.24) is 10.2 Å². The number of hydrogen-bond acceptors (Lipinski definition) is 3. The van der Waals surface area contributed by atoms with E-state index >= 15 is 0 Å². The lowest BCUT2D eigenvalue weighted by Crippen LogP contribution is -2.42. The fraction of sp³-hybridized carbons (Fsp3) is 0.562. The lowest BCUT2D eigenvalue weighted by atomic mass is 10.1. The fourth-order valence-corrected chi connectivity index (χ4v) is 4.68. The molecule has 3 nitrogen and oxygen atoms in total. The summed E-state index contributed by atoms with van der Waals surface area (Å²) in [5, 5.41) is 4.34. The largest absolute Gasteiger partial charge is 0.318 e. The van der Waals surface area contributed by atoms with Crippen LogP contribution in [0.1, 0.15) is 37.4 Å². The van der Waals surface area contributed by atoms with E-state index in [1.807, 2.05) is 36.0 Å². The highest BCUT2D eigenvalue weighted by molar-refractivity contribution is 7.99. The van der Waals surface area contributed by atoms with Gasteiger partial charge in [-0.3, -0.25) is 10.1 Å². The third kappa shape index (κ3) is 2.37. The van der Waals surface area contributed by atoms with Crippen LogP contribution in [0, 0.1) is 0 Å². The highest BCUT2D eigenvalue weighted by Gasteiger charge is 2.60. The van der Waals surface area contributed by atoms with E-state index in [4.69, 9.17) is 11.6 Å². The predicted molar refractivity (Wildman–Crippen MR) is 86.5 cm³/mol. The lowest BCUT2D eigenvalue weighted by Gasteiger charge is -2.35. The van der Waals surface area contributed by atoms with Crippen molar-refractivity contribution in [2.24, 2.45) is 0 Å². The van der Waals surface area contributed by atoms with Gasteiger partial charge in [0.2, 0.25) is 5.91 Å². The van der Waals surface area contributed by atoms with Crippen molar-refractivity contribution >= 4 is 29.3 Å². The summed E-state index contributed by atoms with van der Waals surface area (Å²) >= 11 is 7.99. The number of hydrogen-bond donors (Lipinski definition) is 1. The molecule has 2 aliphatic heterocycles. The van der Waals surface area contributed by atoms with E-state index in [-0.39, 0.29) is 11.7 Å². The van der Waals surface area contributed by atoms with Crippen molar-refractivity contribution in [3.63, 3.8) is 0 Å². The molecule has 0 radical (unpaired) electrons. The molecule has 1 saturated carbocycles. The average molecular weight is 323 g/mol. The lowest BCUT2D eigenvalue weighted by molar-refractivity contribution is -0.133. The van der Waals surface area contributed by atoms with Crippen LogP contribution in [-0.2, 0) is 4.79 Å². The van der Waals surface area contributed by atoms with Gasteiger partial charge < -0.3 is 4.90 Å². The number of amides is 1. The molecule has 2 heterocycles. The smallest absolute Gasteiger partial charge is 0.244 e. The molecular weight excluding hydrogens is 304 g/mol. The number of carbonyl (C=O) groups is 1. The van der Waals surface area contributed by atoms with Crippen LogP contribution in [0.25, 0.3) is 0 Å². The molecule has 1 aromatic rings. The molecule has 1 N–H and O–H groups in total. The molecule has 1 spiro atoms. The molecule has 1 amide bonds. The van der Waals surface area contributed by atoms with Gasteiger partial charge in [0.05, 0.1) is 0 Å². The Morgan fingerprint density at radius 2 is 1.86 bits per heavy atom. The summed E-state index contributed by atoms with van der Waals surface area (Å²) in [6, 6.07) is 8.29. The van der Waals surface area contributed by atoms with Crippen LogP contribution in [0.2, 0.25) is 5.02 Å². The van der Waals surface area contributed by atoms with E-state index in [2.05, 4.69) is 10.2 Å². The van der Waals surface area contributed by atoms with Crippen molar-refractivity contribution in [3.05, 3.63) is 34.9 Å². The van der Waals surface area contributed by atoms with Crippen molar-refractivity contribution < 1.29 is 4.79 Å². The Kier molecular flexibility index (Phi) is 3.43. The summed E-state index contributed by atoms with van der Waals surface area (Å²) in [4.78, 5) is 15.0. The van der Waals surface area contributed by atoms with Gasteiger partial charge in [-0.2, -0.15) is 11.8 Å². The molecule has 0 aromatic heterocycles. The van der Waals surface area contributed by atoms with Crippen LogP contribution in [0.4, 0.5) is 0 Å². The molecule has 3 fully saturated rings. The van der Waals surface area contributed by atoms with Gasteiger partial charge in [-0.25, -0.2) is 0 Å². The van der Waals surface area contributed by atoms with Gasteiger partial charge in [0.1, 0.15) is 11.7 Å². The normalized spacial score (nSPS) is 28.3.